The SMILES string of the molecule is C=C(C)[C@H](O)CC[C@@](C)(O)[C@H]1CC=C(C=O)CC1. The predicted molar refractivity (Wildman–Crippen MR) is 72.2 cm³/mol. The van der Waals surface area contributed by atoms with Crippen LogP contribution in [0.5, 0.6) is 0 Å². The largest absolute Gasteiger partial charge is 0.390 e. The van der Waals surface area contributed by atoms with Gasteiger partial charge in [0, 0.05) is 0 Å². The monoisotopic (exact) mass is 252 g/mol. The van der Waals surface area contributed by atoms with Crippen molar-refractivity contribution in [2.75, 3.05) is 0 Å². The normalized spacial score (nSPS) is 24.9. The summed E-state index contributed by atoms with van der Waals surface area (Å²) in [6, 6.07) is 0. The van der Waals surface area contributed by atoms with Crippen LogP contribution in [-0.4, -0.2) is 28.2 Å². The molecule has 0 aliphatic heterocycles. The number of carbonyl (C=O) groups excluding carboxylic acids is 1. The average molecular weight is 252 g/mol. The Bertz CT molecular complexity index is 342. The lowest BCUT2D eigenvalue weighted by Gasteiger charge is -2.35. The van der Waals surface area contributed by atoms with Crippen LogP contribution in [0.3, 0.4) is 0 Å². The second kappa shape index (κ2) is 6.30. The van der Waals surface area contributed by atoms with E-state index in [1.807, 2.05) is 13.0 Å². The number of aliphatic hydroxyl groups is 2. The molecule has 0 amide bonds. The van der Waals surface area contributed by atoms with Gasteiger partial charge in [-0.2, -0.15) is 0 Å². The summed E-state index contributed by atoms with van der Waals surface area (Å²) >= 11 is 0. The molecule has 0 aromatic carbocycles. The molecule has 102 valence electrons. The summed E-state index contributed by atoms with van der Waals surface area (Å²) in [5, 5.41) is 20.2. The molecule has 0 fully saturated rings. The predicted octanol–water partition coefficient (Wildman–Crippen LogP) is 2.38. The van der Waals surface area contributed by atoms with Crippen molar-refractivity contribution in [2.45, 2.75) is 57.7 Å². The highest BCUT2D eigenvalue weighted by Gasteiger charge is 2.32. The van der Waals surface area contributed by atoms with Crippen molar-refractivity contribution < 1.29 is 15.0 Å². The fourth-order valence-corrected chi connectivity index (χ4v) is 2.41. The summed E-state index contributed by atoms with van der Waals surface area (Å²) in [5.74, 6) is 0.165. The van der Waals surface area contributed by atoms with Crippen molar-refractivity contribution in [3.05, 3.63) is 23.8 Å². The Hall–Kier alpha value is -0.930. The number of aldehydes is 1. The maximum Gasteiger partial charge on any atom is 0.145 e. The molecule has 1 rings (SSSR count). The first kappa shape index (κ1) is 15.1. The van der Waals surface area contributed by atoms with Crippen LogP contribution in [0.2, 0.25) is 0 Å². The number of rotatable bonds is 6. The van der Waals surface area contributed by atoms with Gasteiger partial charge in [-0.3, -0.25) is 4.79 Å². The molecule has 3 nitrogen and oxygen atoms in total. The molecule has 18 heavy (non-hydrogen) atoms. The Balaban J connectivity index is 2.51. The lowest BCUT2D eigenvalue weighted by atomic mass is 9.76. The highest BCUT2D eigenvalue weighted by Crippen LogP contribution is 2.34. The molecular weight excluding hydrogens is 228 g/mol. The second-order valence-corrected chi connectivity index (χ2v) is 5.63. The molecule has 2 N–H and O–H groups in total. The number of carbonyl (C=O) groups is 1. The van der Waals surface area contributed by atoms with E-state index in [0.717, 1.165) is 36.7 Å². The molecule has 0 saturated heterocycles. The lowest BCUT2D eigenvalue weighted by molar-refractivity contribution is -0.105. The molecule has 0 spiro atoms. The van der Waals surface area contributed by atoms with Crippen LogP contribution < -0.4 is 0 Å². The highest BCUT2D eigenvalue weighted by molar-refractivity contribution is 5.73. The van der Waals surface area contributed by atoms with Gasteiger partial charge in [-0.25, -0.2) is 0 Å². The topological polar surface area (TPSA) is 57.5 Å². The lowest BCUT2D eigenvalue weighted by Crippen LogP contribution is -2.36. The second-order valence-electron chi connectivity index (χ2n) is 5.63. The van der Waals surface area contributed by atoms with Crippen molar-refractivity contribution >= 4 is 6.29 Å². The van der Waals surface area contributed by atoms with Gasteiger partial charge in [-0.15, -0.1) is 0 Å². The van der Waals surface area contributed by atoms with E-state index in [2.05, 4.69) is 6.58 Å². The van der Waals surface area contributed by atoms with Crippen LogP contribution in [0.15, 0.2) is 23.8 Å². The minimum Gasteiger partial charge on any atom is -0.390 e. The van der Waals surface area contributed by atoms with Crippen molar-refractivity contribution in [1.29, 1.82) is 0 Å². The molecule has 1 aliphatic carbocycles. The van der Waals surface area contributed by atoms with E-state index in [9.17, 15) is 15.0 Å². The number of aliphatic hydroxyl groups excluding tert-OH is 1. The molecule has 0 radical (unpaired) electrons. The van der Waals surface area contributed by atoms with Gasteiger partial charge in [0.2, 0.25) is 0 Å². The number of hydrogen-bond acceptors (Lipinski definition) is 3. The summed E-state index contributed by atoms with van der Waals surface area (Å²) in [4.78, 5) is 10.6. The van der Waals surface area contributed by atoms with E-state index >= 15 is 0 Å². The molecule has 3 atom stereocenters. The van der Waals surface area contributed by atoms with Crippen LogP contribution in [0.4, 0.5) is 0 Å². The highest BCUT2D eigenvalue weighted by atomic mass is 16.3. The summed E-state index contributed by atoms with van der Waals surface area (Å²) in [6.45, 7) is 7.32. The summed E-state index contributed by atoms with van der Waals surface area (Å²) in [6.07, 6.45) is 5.68. The van der Waals surface area contributed by atoms with E-state index in [1.165, 1.54) is 0 Å². The first-order valence-electron chi connectivity index (χ1n) is 6.57. The van der Waals surface area contributed by atoms with Gasteiger partial charge < -0.3 is 10.2 Å². The summed E-state index contributed by atoms with van der Waals surface area (Å²) in [7, 11) is 0. The van der Waals surface area contributed by atoms with E-state index in [4.69, 9.17) is 0 Å². The number of hydrogen-bond donors (Lipinski definition) is 2. The summed E-state index contributed by atoms with van der Waals surface area (Å²) in [5.41, 5.74) is 0.781. The van der Waals surface area contributed by atoms with E-state index in [-0.39, 0.29) is 5.92 Å². The van der Waals surface area contributed by atoms with Crippen molar-refractivity contribution in [3.8, 4) is 0 Å². The van der Waals surface area contributed by atoms with Crippen LogP contribution in [-0.2, 0) is 4.79 Å². The molecule has 3 heteroatoms. The zero-order valence-corrected chi connectivity index (χ0v) is 11.4. The van der Waals surface area contributed by atoms with Crippen LogP contribution in [0.25, 0.3) is 0 Å². The Morgan fingerprint density at radius 3 is 2.83 bits per heavy atom. The Kier molecular flexibility index (Phi) is 5.29. The van der Waals surface area contributed by atoms with Gasteiger partial charge in [-0.1, -0.05) is 18.2 Å². The van der Waals surface area contributed by atoms with Crippen LogP contribution >= 0.6 is 0 Å². The van der Waals surface area contributed by atoms with E-state index in [0.29, 0.717) is 12.8 Å². The first-order valence-corrected chi connectivity index (χ1v) is 6.57. The van der Waals surface area contributed by atoms with Gasteiger partial charge in [-0.05, 0) is 57.4 Å². The fourth-order valence-electron chi connectivity index (χ4n) is 2.41. The molecule has 1 aliphatic rings. The van der Waals surface area contributed by atoms with E-state index < -0.39 is 11.7 Å². The average Bonchev–Trinajstić information content (AvgIpc) is 2.36. The zero-order valence-electron chi connectivity index (χ0n) is 11.4. The Morgan fingerprint density at radius 2 is 2.39 bits per heavy atom. The molecule has 0 unspecified atom stereocenters. The molecular formula is C15H24O3. The van der Waals surface area contributed by atoms with Crippen molar-refractivity contribution in [2.24, 2.45) is 5.92 Å². The maximum absolute atomic E-state index is 10.6. The maximum atomic E-state index is 10.6. The third kappa shape index (κ3) is 4.07. The molecule has 0 aromatic heterocycles. The minimum absolute atomic E-state index is 0.165. The molecule has 0 bridgehead atoms. The van der Waals surface area contributed by atoms with Crippen molar-refractivity contribution in [3.63, 3.8) is 0 Å². The first-order chi connectivity index (χ1) is 8.36. The molecule has 0 heterocycles. The van der Waals surface area contributed by atoms with Crippen LogP contribution in [0.1, 0.15) is 46.0 Å². The van der Waals surface area contributed by atoms with Gasteiger partial charge in [0.1, 0.15) is 6.29 Å². The van der Waals surface area contributed by atoms with Gasteiger partial charge in [0.05, 0.1) is 11.7 Å². The fraction of sp³-hybridized carbons (Fsp3) is 0.667. The van der Waals surface area contributed by atoms with Crippen LogP contribution in [0, 0.1) is 5.92 Å². The smallest absolute Gasteiger partial charge is 0.145 e. The minimum atomic E-state index is -0.790. The third-order valence-corrected chi connectivity index (χ3v) is 3.97. The zero-order chi connectivity index (χ0) is 13.8. The van der Waals surface area contributed by atoms with Gasteiger partial charge >= 0.3 is 0 Å². The van der Waals surface area contributed by atoms with Gasteiger partial charge in [0.15, 0.2) is 0 Å². The standard InChI is InChI=1S/C15H24O3/c1-11(2)14(17)8-9-15(3,18)13-6-4-12(10-16)5-7-13/h4,10,13-14,17-18H,1,5-9H2,2-3H3/t13-,14+,15+/m0/s1. The number of allylic oxidation sites excluding steroid dienone is 2. The Morgan fingerprint density at radius 1 is 1.72 bits per heavy atom. The molecule has 0 saturated carbocycles. The Labute approximate surface area is 109 Å². The summed E-state index contributed by atoms with van der Waals surface area (Å²) < 4.78 is 0. The molecule has 0 aromatic rings. The third-order valence-electron chi connectivity index (χ3n) is 3.97. The van der Waals surface area contributed by atoms with E-state index in [1.54, 1.807) is 6.92 Å². The van der Waals surface area contributed by atoms with Gasteiger partial charge in [0.25, 0.3) is 0 Å². The quantitative estimate of drug-likeness (QED) is 0.563. The van der Waals surface area contributed by atoms with Crippen molar-refractivity contribution in [1.82, 2.24) is 0 Å².